The summed E-state index contributed by atoms with van der Waals surface area (Å²) < 4.78 is 5.41. The van der Waals surface area contributed by atoms with Crippen LogP contribution in [0.4, 0.5) is 4.79 Å². The first-order valence-corrected chi connectivity index (χ1v) is 12.4. The van der Waals surface area contributed by atoms with E-state index in [4.69, 9.17) is 4.74 Å². The highest BCUT2D eigenvalue weighted by Crippen LogP contribution is 2.29. The van der Waals surface area contributed by atoms with Crippen LogP contribution in [0.15, 0.2) is 18.2 Å². The van der Waals surface area contributed by atoms with Crippen molar-refractivity contribution in [3.05, 3.63) is 29.3 Å². The van der Waals surface area contributed by atoms with E-state index < -0.39 is 29.3 Å². The molecule has 0 fully saturated rings. The number of aryl methyl sites for hydroxylation is 1. The first kappa shape index (κ1) is 30.3. The van der Waals surface area contributed by atoms with Gasteiger partial charge < -0.3 is 25.4 Å². The van der Waals surface area contributed by atoms with E-state index in [1.165, 1.54) is 11.0 Å². The summed E-state index contributed by atoms with van der Waals surface area (Å²) in [6, 6.07) is 3.10. The summed E-state index contributed by atoms with van der Waals surface area (Å²) in [5.41, 5.74) is -0.0449. The third kappa shape index (κ3) is 9.42. The van der Waals surface area contributed by atoms with Crippen molar-refractivity contribution >= 4 is 17.9 Å². The number of aromatic hydroxyl groups is 1. The third-order valence-electron chi connectivity index (χ3n) is 5.49. The summed E-state index contributed by atoms with van der Waals surface area (Å²) in [5, 5.41) is 15.8. The molecule has 0 aliphatic rings. The highest BCUT2D eigenvalue weighted by atomic mass is 16.6. The topological polar surface area (TPSA) is 108 Å². The molecule has 0 aromatic heterocycles. The van der Waals surface area contributed by atoms with Gasteiger partial charge in [0.25, 0.3) is 0 Å². The quantitative estimate of drug-likeness (QED) is 0.458. The fourth-order valence-electron chi connectivity index (χ4n) is 3.66. The average molecular weight is 492 g/mol. The molecule has 35 heavy (non-hydrogen) atoms. The molecule has 1 aromatic rings. The molecule has 0 heterocycles. The molecule has 3 atom stereocenters. The number of carbonyl (C=O) groups excluding carboxylic acids is 3. The lowest BCUT2D eigenvalue weighted by Gasteiger charge is -2.37. The molecule has 3 unspecified atom stereocenters. The van der Waals surface area contributed by atoms with Gasteiger partial charge in [-0.3, -0.25) is 9.59 Å². The first-order valence-electron chi connectivity index (χ1n) is 12.4. The van der Waals surface area contributed by atoms with Gasteiger partial charge in [0.2, 0.25) is 11.8 Å². The van der Waals surface area contributed by atoms with Gasteiger partial charge in [-0.1, -0.05) is 33.3 Å². The third-order valence-corrected chi connectivity index (χ3v) is 5.49. The van der Waals surface area contributed by atoms with Crippen molar-refractivity contribution in [1.29, 1.82) is 0 Å². The van der Waals surface area contributed by atoms with Crippen molar-refractivity contribution in [3.63, 3.8) is 0 Å². The Labute approximate surface area is 210 Å². The normalized spacial score (nSPS) is 14.5. The van der Waals surface area contributed by atoms with E-state index in [0.29, 0.717) is 30.5 Å². The minimum atomic E-state index is -0.937. The van der Waals surface area contributed by atoms with Crippen molar-refractivity contribution in [3.8, 4) is 5.75 Å². The number of phenolic OH excluding ortho intramolecular Hbond substituents is 1. The van der Waals surface area contributed by atoms with Crippen LogP contribution in [0.2, 0.25) is 0 Å². The average Bonchev–Trinajstić information content (AvgIpc) is 2.70. The van der Waals surface area contributed by atoms with Crippen LogP contribution in [0.25, 0.3) is 0 Å². The molecule has 0 aliphatic heterocycles. The summed E-state index contributed by atoms with van der Waals surface area (Å²) in [4.78, 5) is 41.7. The Kier molecular flexibility index (Phi) is 10.6. The number of nitrogens with zero attached hydrogens (tertiary/aromatic N) is 1. The lowest BCUT2D eigenvalue weighted by atomic mass is 9.94. The molecule has 198 valence electrons. The SMILES string of the molecule is CCCN(C(=O)C(NC(=O)OC(C)(C)C)C(C)CC)C(C(=O)NC(C)(C)C)c1ccc(O)c(C)c1. The van der Waals surface area contributed by atoms with Crippen LogP contribution in [0, 0.1) is 12.8 Å². The van der Waals surface area contributed by atoms with Crippen LogP contribution in [-0.4, -0.2) is 51.6 Å². The lowest BCUT2D eigenvalue weighted by Crippen LogP contribution is -2.56. The Morgan fingerprint density at radius 2 is 1.69 bits per heavy atom. The van der Waals surface area contributed by atoms with Crippen LogP contribution < -0.4 is 10.6 Å². The Balaban J connectivity index is 3.54. The zero-order valence-electron chi connectivity index (χ0n) is 23.1. The Hall–Kier alpha value is -2.77. The van der Waals surface area contributed by atoms with Crippen LogP contribution in [-0.2, 0) is 14.3 Å². The number of rotatable bonds is 9. The van der Waals surface area contributed by atoms with Crippen molar-refractivity contribution in [2.24, 2.45) is 5.92 Å². The van der Waals surface area contributed by atoms with E-state index in [1.807, 2.05) is 41.5 Å². The van der Waals surface area contributed by atoms with Gasteiger partial charge in [-0.05, 0) is 84.1 Å². The van der Waals surface area contributed by atoms with E-state index in [0.717, 1.165) is 0 Å². The lowest BCUT2D eigenvalue weighted by molar-refractivity contribution is -0.144. The molecular weight excluding hydrogens is 446 g/mol. The zero-order chi connectivity index (χ0) is 27.1. The van der Waals surface area contributed by atoms with Crippen molar-refractivity contribution in [2.75, 3.05) is 6.54 Å². The molecule has 1 aromatic carbocycles. The molecule has 8 nitrogen and oxygen atoms in total. The van der Waals surface area contributed by atoms with Gasteiger partial charge in [-0.2, -0.15) is 0 Å². The maximum Gasteiger partial charge on any atom is 0.408 e. The second kappa shape index (κ2) is 12.3. The molecule has 1 rings (SSSR count). The number of phenols is 1. The fraction of sp³-hybridized carbons (Fsp3) is 0.667. The maximum absolute atomic E-state index is 14.0. The van der Waals surface area contributed by atoms with E-state index >= 15 is 0 Å². The summed E-state index contributed by atoms with van der Waals surface area (Å²) in [6.07, 6.45) is 0.578. The summed E-state index contributed by atoms with van der Waals surface area (Å²) >= 11 is 0. The molecule has 8 heteroatoms. The van der Waals surface area contributed by atoms with Crippen LogP contribution in [0.3, 0.4) is 0 Å². The number of alkyl carbamates (subject to hydrolysis) is 1. The van der Waals surface area contributed by atoms with Gasteiger partial charge >= 0.3 is 6.09 Å². The van der Waals surface area contributed by atoms with Gasteiger partial charge in [0.1, 0.15) is 23.4 Å². The molecule has 0 radical (unpaired) electrons. The smallest absolute Gasteiger partial charge is 0.408 e. The van der Waals surface area contributed by atoms with Gasteiger partial charge in [0, 0.05) is 12.1 Å². The largest absolute Gasteiger partial charge is 0.508 e. The Morgan fingerprint density at radius 1 is 1.09 bits per heavy atom. The monoisotopic (exact) mass is 491 g/mol. The number of nitrogens with one attached hydrogen (secondary N) is 2. The fourth-order valence-corrected chi connectivity index (χ4v) is 3.66. The van der Waals surface area contributed by atoms with Crippen LogP contribution >= 0.6 is 0 Å². The van der Waals surface area contributed by atoms with Crippen molar-refractivity contribution in [1.82, 2.24) is 15.5 Å². The van der Waals surface area contributed by atoms with Gasteiger partial charge in [-0.15, -0.1) is 0 Å². The minimum Gasteiger partial charge on any atom is -0.508 e. The Bertz CT molecular complexity index is 886. The van der Waals surface area contributed by atoms with Crippen LogP contribution in [0.5, 0.6) is 5.75 Å². The molecule has 0 saturated carbocycles. The molecule has 0 spiro atoms. The Morgan fingerprint density at radius 3 is 2.14 bits per heavy atom. The molecule has 3 amide bonds. The number of benzene rings is 1. The van der Waals surface area contributed by atoms with E-state index in [9.17, 15) is 19.5 Å². The molecule has 3 N–H and O–H groups in total. The number of carbonyl (C=O) groups is 3. The van der Waals surface area contributed by atoms with E-state index in [-0.39, 0.29) is 23.5 Å². The molecule has 0 bridgehead atoms. The van der Waals surface area contributed by atoms with E-state index in [1.54, 1.807) is 39.8 Å². The van der Waals surface area contributed by atoms with Gasteiger partial charge in [0.15, 0.2) is 0 Å². The summed E-state index contributed by atoms with van der Waals surface area (Å²) in [5.74, 6) is -0.764. The summed E-state index contributed by atoms with van der Waals surface area (Å²) in [7, 11) is 0. The second-order valence-corrected chi connectivity index (χ2v) is 11.2. The number of hydrogen-bond donors (Lipinski definition) is 3. The predicted molar refractivity (Wildman–Crippen MR) is 138 cm³/mol. The van der Waals surface area contributed by atoms with Gasteiger partial charge in [0.05, 0.1) is 0 Å². The maximum atomic E-state index is 14.0. The molecular formula is C27H45N3O5. The number of amides is 3. The second-order valence-electron chi connectivity index (χ2n) is 11.2. The standard InChI is InChI=1S/C27H45N3O5/c1-11-15-30(24(33)21(17(3)12-2)28-25(34)35-27(8,9)10)22(23(32)29-26(5,6)7)19-13-14-20(31)18(4)16-19/h13-14,16-17,21-22,31H,11-12,15H2,1-10H3,(H,28,34)(H,29,32). The highest BCUT2D eigenvalue weighted by Gasteiger charge is 2.38. The van der Waals surface area contributed by atoms with E-state index in [2.05, 4.69) is 10.6 Å². The zero-order valence-corrected chi connectivity index (χ0v) is 23.1. The predicted octanol–water partition coefficient (Wildman–Crippen LogP) is 4.83. The molecule has 0 saturated heterocycles. The minimum absolute atomic E-state index is 0.112. The van der Waals surface area contributed by atoms with Crippen molar-refractivity contribution in [2.45, 2.75) is 105 Å². The molecule has 0 aliphatic carbocycles. The highest BCUT2D eigenvalue weighted by molar-refractivity contribution is 5.92. The van der Waals surface area contributed by atoms with Crippen molar-refractivity contribution < 1.29 is 24.2 Å². The number of hydrogen-bond acceptors (Lipinski definition) is 5. The first-order chi connectivity index (χ1) is 16.0. The summed E-state index contributed by atoms with van der Waals surface area (Å²) in [6.45, 7) is 18.7. The number of ether oxygens (including phenoxy) is 1. The van der Waals surface area contributed by atoms with Gasteiger partial charge in [-0.25, -0.2) is 4.79 Å². The van der Waals surface area contributed by atoms with Crippen LogP contribution in [0.1, 0.15) is 92.3 Å².